The summed E-state index contributed by atoms with van der Waals surface area (Å²) in [4.78, 5) is 18.0. The van der Waals surface area contributed by atoms with Crippen molar-refractivity contribution in [2.75, 3.05) is 18.4 Å². The Morgan fingerprint density at radius 3 is 2.56 bits per heavy atom. The molecule has 0 bridgehead atoms. The number of likely N-dealkylation sites (tertiary alicyclic amines) is 1. The molecule has 1 amide bonds. The number of carbonyl (C=O) groups is 1. The summed E-state index contributed by atoms with van der Waals surface area (Å²) in [5, 5.41) is 25.0. The Morgan fingerprint density at radius 2 is 1.90 bits per heavy atom. The van der Waals surface area contributed by atoms with Gasteiger partial charge in [-0.05, 0) is 64.8 Å². The van der Waals surface area contributed by atoms with Crippen molar-refractivity contribution in [3.05, 3.63) is 72.4 Å². The maximum atomic E-state index is 15.0. The van der Waals surface area contributed by atoms with Crippen LogP contribution in [0.5, 0.6) is 0 Å². The van der Waals surface area contributed by atoms with Crippen LogP contribution in [0, 0.1) is 11.6 Å². The Kier molecular flexibility index (Phi) is 7.69. The molecule has 1 aliphatic rings. The second-order valence-electron chi connectivity index (χ2n) is 11.6. The van der Waals surface area contributed by atoms with Crippen LogP contribution < -0.4 is 5.32 Å². The van der Waals surface area contributed by atoms with Crippen LogP contribution in [0.1, 0.15) is 52.1 Å². The van der Waals surface area contributed by atoms with E-state index in [0.29, 0.717) is 13.1 Å². The standard InChI is InChI=1S/C29H35F2N7O3/c1-19(29(40,16-37-18-32-17-34-37)24-7-5-21(30)14-25(24)31)38-26-8-6-23(13-20(26)15-33-38)35-22-9-11-36(12-10-22)27(39)41-28(2,3)4/h5-8,13-15,17-19,22,35,40H,9-12,16H2,1-4H3/t19-,29-/m1/s1. The Balaban J connectivity index is 1.34. The minimum Gasteiger partial charge on any atom is -0.444 e. The van der Waals surface area contributed by atoms with Crippen molar-refractivity contribution in [1.82, 2.24) is 29.4 Å². The molecule has 2 aromatic heterocycles. The smallest absolute Gasteiger partial charge is 0.410 e. The molecular weight excluding hydrogens is 532 g/mol. The average molecular weight is 568 g/mol. The minimum absolute atomic E-state index is 0.0680. The molecule has 1 aliphatic heterocycles. The highest BCUT2D eigenvalue weighted by Gasteiger charge is 2.41. The van der Waals surface area contributed by atoms with Gasteiger partial charge in [-0.2, -0.15) is 10.2 Å². The number of aliphatic hydroxyl groups is 1. The zero-order chi connectivity index (χ0) is 29.4. The maximum Gasteiger partial charge on any atom is 0.410 e. The third-order valence-corrected chi connectivity index (χ3v) is 7.44. The van der Waals surface area contributed by atoms with Crippen LogP contribution in [0.4, 0.5) is 19.3 Å². The summed E-state index contributed by atoms with van der Waals surface area (Å²) in [6, 6.07) is 8.35. The van der Waals surface area contributed by atoms with E-state index in [1.807, 2.05) is 39.0 Å². The van der Waals surface area contributed by atoms with Gasteiger partial charge in [0.1, 0.15) is 35.5 Å². The van der Waals surface area contributed by atoms with Gasteiger partial charge in [-0.25, -0.2) is 23.2 Å². The molecule has 0 radical (unpaired) electrons. The van der Waals surface area contributed by atoms with E-state index in [0.717, 1.165) is 41.6 Å². The first-order valence-corrected chi connectivity index (χ1v) is 13.6. The molecule has 10 nitrogen and oxygen atoms in total. The molecule has 0 saturated carbocycles. The number of fused-ring (bicyclic) bond motifs is 1. The lowest BCUT2D eigenvalue weighted by molar-refractivity contribution is -0.0354. The van der Waals surface area contributed by atoms with Crippen LogP contribution in [0.2, 0.25) is 0 Å². The van der Waals surface area contributed by atoms with Crippen molar-refractivity contribution in [1.29, 1.82) is 0 Å². The fraction of sp³-hybridized carbons (Fsp3) is 0.448. The number of hydrogen-bond acceptors (Lipinski definition) is 7. The molecule has 1 fully saturated rings. The van der Waals surface area contributed by atoms with Gasteiger partial charge in [0.25, 0.3) is 0 Å². The van der Waals surface area contributed by atoms with E-state index in [1.54, 1.807) is 22.7 Å². The SMILES string of the molecule is C[C@@H](n1ncc2cc(NC3CCN(C(=O)OC(C)(C)C)CC3)ccc21)[C@](O)(Cn1cncn1)c1ccc(F)cc1F. The zero-order valence-electron chi connectivity index (χ0n) is 23.6. The van der Waals surface area contributed by atoms with Gasteiger partial charge in [0.15, 0.2) is 0 Å². The first kappa shape index (κ1) is 28.5. The third kappa shape index (κ3) is 6.17. The highest BCUT2D eigenvalue weighted by molar-refractivity contribution is 5.82. The predicted octanol–water partition coefficient (Wildman–Crippen LogP) is 4.87. The molecule has 41 heavy (non-hydrogen) atoms. The molecule has 0 unspecified atom stereocenters. The van der Waals surface area contributed by atoms with E-state index in [1.165, 1.54) is 23.4 Å². The van der Waals surface area contributed by atoms with Crippen molar-refractivity contribution in [3.63, 3.8) is 0 Å². The van der Waals surface area contributed by atoms with Crippen LogP contribution >= 0.6 is 0 Å². The number of amides is 1. The molecular formula is C29H35F2N7O3. The number of carbonyl (C=O) groups excluding carboxylic acids is 1. The molecule has 218 valence electrons. The Bertz CT molecular complexity index is 1510. The Morgan fingerprint density at radius 1 is 1.15 bits per heavy atom. The van der Waals surface area contributed by atoms with Gasteiger partial charge in [-0.1, -0.05) is 6.07 Å². The fourth-order valence-electron chi connectivity index (χ4n) is 5.27. The first-order chi connectivity index (χ1) is 19.4. The van der Waals surface area contributed by atoms with Crippen LogP contribution in [0.25, 0.3) is 10.9 Å². The van der Waals surface area contributed by atoms with Crippen LogP contribution in [-0.2, 0) is 16.9 Å². The van der Waals surface area contributed by atoms with E-state index >= 15 is 0 Å². The van der Waals surface area contributed by atoms with Gasteiger partial charge in [-0.15, -0.1) is 0 Å². The average Bonchev–Trinajstić information content (AvgIpc) is 3.57. The molecule has 1 saturated heterocycles. The lowest BCUT2D eigenvalue weighted by Crippen LogP contribution is -2.44. The van der Waals surface area contributed by atoms with Gasteiger partial charge in [0.2, 0.25) is 0 Å². The van der Waals surface area contributed by atoms with E-state index in [2.05, 4.69) is 20.5 Å². The minimum atomic E-state index is -1.83. The van der Waals surface area contributed by atoms with Crippen molar-refractivity contribution >= 4 is 22.7 Å². The number of anilines is 1. The van der Waals surface area contributed by atoms with Crippen LogP contribution in [0.3, 0.4) is 0 Å². The van der Waals surface area contributed by atoms with E-state index in [4.69, 9.17) is 4.74 Å². The number of nitrogens with one attached hydrogen (secondary N) is 1. The molecule has 3 heterocycles. The van der Waals surface area contributed by atoms with E-state index < -0.39 is 28.9 Å². The Labute approximate surface area is 236 Å². The summed E-state index contributed by atoms with van der Waals surface area (Å²) in [5.74, 6) is -1.60. The van der Waals surface area contributed by atoms with Crippen molar-refractivity contribution in [3.8, 4) is 0 Å². The summed E-state index contributed by atoms with van der Waals surface area (Å²) in [5.41, 5.74) is -0.779. The number of nitrogens with zero attached hydrogens (tertiary/aromatic N) is 6. The van der Waals surface area contributed by atoms with E-state index in [-0.39, 0.29) is 24.2 Å². The van der Waals surface area contributed by atoms with Gasteiger partial charge in [0.05, 0.1) is 24.3 Å². The summed E-state index contributed by atoms with van der Waals surface area (Å²) < 4.78 is 37.2. The van der Waals surface area contributed by atoms with Gasteiger partial charge in [0, 0.05) is 41.8 Å². The monoisotopic (exact) mass is 567 g/mol. The number of benzene rings is 2. The zero-order valence-corrected chi connectivity index (χ0v) is 23.6. The normalized spacial score (nSPS) is 16.9. The first-order valence-electron chi connectivity index (χ1n) is 13.6. The van der Waals surface area contributed by atoms with Crippen LogP contribution in [-0.4, -0.2) is 65.4 Å². The molecule has 5 rings (SSSR count). The van der Waals surface area contributed by atoms with Gasteiger partial charge >= 0.3 is 6.09 Å². The van der Waals surface area contributed by atoms with Gasteiger partial charge < -0.3 is 20.1 Å². The molecule has 2 aromatic carbocycles. The van der Waals surface area contributed by atoms with Crippen LogP contribution in [0.15, 0.2) is 55.2 Å². The van der Waals surface area contributed by atoms with Gasteiger partial charge in [-0.3, -0.25) is 4.68 Å². The molecule has 0 aliphatic carbocycles. The highest BCUT2D eigenvalue weighted by atomic mass is 19.1. The number of halogens is 2. The predicted molar refractivity (Wildman–Crippen MR) is 149 cm³/mol. The summed E-state index contributed by atoms with van der Waals surface area (Å²) in [7, 11) is 0. The lowest BCUT2D eigenvalue weighted by Gasteiger charge is -2.35. The fourth-order valence-corrected chi connectivity index (χ4v) is 5.27. The second-order valence-corrected chi connectivity index (χ2v) is 11.6. The Hall–Kier alpha value is -4.06. The third-order valence-electron chi connectivity index (χ3n) is 7.44. The second kappa shape index (κ2) is 11.1. The largest absolute Gasteiger partial charge is 0.444 e. The highest BCUT2D eigenvalue weighted by Crippen LogP contribution is 2.38. The number of piperidine rings is 1. The molecule has 4 aromatic rings. The molecule has 2 atom stereocenters. The number of aromatic nitrogens is 5. The summed E-state index contributed by atoms with van der Waals surface area (Å²) in [6.45, 7) is 8.39. The summed E-state index contributed by atoms with van der Waals surface area (Å²) in [6.07, 6.45) is 5.72. The quantitative estimate of drug-likeness (QED) is 0.328. The molecule has 12 heteroatoms. The molecule has 0 spiro atoms. The lowest BCUT2D eigenvalue weighted by atomic mass is 9.86. The van der Waals surface area contributed by atoms with E-state index in [9.17, 15) is 18.7 Å². The number of rotatable bonds is 7. The maximum absolute atomic E-state index is 15.0. The summed E-state index contributed by atoms with van der Waals surface area (Å²) >= 11 is 0. The van der Waals surface area contributed by atoms with Crippen molar-refractivity contribution in [2.45, 2.75) is 70.4 Å². The van der Waals surface area contributed by atoms with Crippen molar-refractivity contribution in [2.24, 2.45) is 0 Å². The van der Waals surface area contributed by atoms with Crippen molar-refractivity contribution < 1.29 is 23.4 Å². The molecule has 2 N–H and O–H groups in total. The number of ether oxygens (including phenoxy) is 1. The topological polar surface area (TPSA) is 110 Å². The number of hydrogen-bond donors (Lipinski definition) is 2.